The Hall–Kier alpha value is -1.90. The fourth-order valence-corrected chi connectivity index (χ4v) is 0.946. The van der Waals surface area contributed by atoms with Crippen molar-refractivity contribution in [2.45, 2.75) is 6.54 Å². The van der Waals surface area contributed by atoms with Crippen molar-refractivity contribution in [3.63, 3.8) is 0 Å². The van der Waals surface area contributed by atoms with Crippen LogP contribution in [0.1, 0.15) is 10.4 Å². The first-order chi connectivity index (χ1) is 8.54. The summed E-state index contributed by atoms with van der Waals surface area (Å²) in [5.74, 6) is -0.995. The zero-order valence-electron chi connectivity index (χ0n) is 9.65. The van der Waals surface area contributed by atoms with Gasteiger partial charge < -0.3 is 11.5 Å². The largest absolute Gasteiger partial charge is 0.365 e. The summed E-state index contributed by atoms with van der Waals surface area (Å²) in [5.41, 5.74) is 10.4. The summed E-state index contributed by atoms with van der Waals surface area (Å²) in [4.78, 5) is 21.3. The van der Waals surface area contributed by atoms with E-state index in [2.05, 4.69) is 0 Å². The van der Waals surface area contributed by atoms with Crippen LogP contribution in [0.2, 0.25) is 0 Å². The molecule has 0 saturated carbocycles. The van der Waals surface area contributed by atoms with Gasteiger partial charge in [0.15, 0.2) is 12.4 Å². The molecule has 0 saturated heterocycles. The summed E-state index contributed by atoms with van der Waals surface area (Å²) in [5, 5.41) is 0. The third-order valence-electron chi connectivity index (χ3n) is 1.48. The second-order valence-corrected chi connectivity index (χ2v) is 5.47. The van der Waals surface area contributed by atoms with Crippen LogP contribution in [0.4, 0.5) is 25.2 Å². The van der Waals surface area contributed by atoms with Crippen LogP contribution in [-0.2, 0) is 11.3 Å². The Morgan fingerprint density at radius 3 is 1.90 bits per heavy atom. The Morgan fingerprint density at radius 2 is 1.55 bits per heavy atom. The minimum atomic E-state index is -10.7. The molecule has 1 aromatic rings. The third kappa shape index (κ3) is 14.2. The number of amides is 2. The number of nitrogens with zero attached hydrogens (tertiary/aromatic N) is 1. The van der Waals surface area contributed by atoms with Crippen molar-refractivity contribution in [1.29, 1.82) is 0 Å². The molecule has 0 atom stereocenters. The van der Waals surface area contributed by atoms with E-state index in [1.807, 2.05) is 0 Å². The molecular formula is C8H10F6N3O2P. The van der Waals surface area contributed by atoms with Gasteiger partial charge in [0.1, 0.15) is 5.56 Å². The molecule has 5 nitrogen and oxygen atoms in total. The van der Waals surface area contributed by atoms with Crippen LogP contribution in [-0.4, -0.2) is 11.8 Å². The number of rotatable bonds is 3. The van der Waals surface area contributed by atoms with Crippen LogP contribution >= 0.6 is 7.81 Å². The van der Waals surface area contributed by atoms with Crippen LogP contribution in [0.3, 0.4) is 0 Å². The number of hydrogen-bond acceptors (Lipinski definition) is 2. The van der Waals surface area contributed by atoms with E-state index in [1.54, 1.807) is 18.3 Å². The number of halogens is 6. The molecule has 4 N–H and O–H groups in total. The zero-order chi connectivity index (χ0) is 16.3. The molecule has 0 aliphatic rings. The Morgan fingerprint density at radius 1 is 1.10 bits per heavy atom. The van der Waals surface area contributed by atoms with Gasteiger partial charge in [-0.1, -0.05) is 0 Å². The van der Waals surface area contributed by atoms with E-state index in [9.17, 15) is 34.8 Å². The van der Waals surface area contributed by atoms with E-state index in [-0.39, 0.29) is 6.54 Å². The number of hydrogen-bond donors (Lipinski definition) is 2. The number of aromatic nitrogens is 1. The quantitative estimate of drug-likeness (QED) is 0.505. The molecular weight excluding hydrogens is 315 g/mol. The monoisotopic (exact) mass is 325 g/mol. The number of pyridine rings is 1. The summed E-state index contributed by atoms with van der Waals surface area (Å²) in [7, 11) is -10.7. The Kier molecular flexibility index (Phi) is 4.43. The number of primary amides is 2. The van der Waals surface area contributed by atoms with Crippen LogP contribution in [0.25, 0.3) is 0 Å². The Bertz CT molecular complexity index is 518. The molecule has 20 heavy (non-hydrogen) atoms. The molecule has 0 fully saturated rings. The van der Waals surface area contributed by atoms with Gasteiger partial charge in [-0.25, -0.2) is 0 Å². The summed E-state index contributed by atoms with van der Waals surface area (Å²) < 4.78 is 60.7. The molecule has 1 aromatic heterocycles. The fraction of sp³-hybridized carbons (Fsp3) is 0.125. The number of carbonyl (C=O) groups is 2. The van der Waals surface area contributed by atoms with Crippen molar-refractivity contribution in [2.75, 3.05) is 0 Å². The summed E-state index contributed by atoms with van der Waals surface area (Å²) in [6.07, 6.45) is 3.12. The van der Waals surface area contributed by atoms with Crippen molar-refractivity contribution < 1.29 is 39.3 Å². The van der Waals surface area contributed by atoms with Crippen molar-refractivity contribution in [3.8, 4) is 0 Å². The molecule has 0 unspecified atom stereocenters. The topological polar surface area (TPSA) is 90.1 Å². The third-order valence-corrected chi connectivity index (χ3v) is 1.48. The van der Waals surface area contributed by atoms with Gasteiger partial charge in [-0.15, -0.1) is 0 Å². The predicted octanol–water partition coefficient (Wildman–Crippen LogP) is 1.94. The molecule has 0 aromatic carbocycles. The molecule has 0 aliphatic heterocycles. The van der Waals surface area contributed by atoms with Gasteiger partial charge in [-0.2, -0.15) is 4.57 Å². The van der Waals surface area contributed by atoms with E-state index in [0.717, 1.165) is 0 Å². The molecule has 12 heteroatoms. The van der Waals surface area contributed by atoms with Crippen LogP contribution in [0.5, 0.6) is 0 Å². The van der Waals surface area contributed by atoms with Gasteiger partial charge in [0.2, 0.25) is 6.54 Å². The Balaban J connectivity index is 0.000000441. The normalized spacial score (nSPS) is 14.3. The summed E-state index contributed by atoms with van der Waals surface area (Å²) >= 11 is 0. The zero-order valence-corrected chi connectivity index (χ0v) is 10.5. The van der Waals surface area contributed by atoms with E-state index in [0.29, 0.717) is 5.56 Å². The maximum atomic E-state index is 10.7. The average molecular weight is 325 g/mol. The SMILES string of the molecule is F[P-](F)(F)(F)(F)F.NC(=O)C[n+]1cccc(C(N)=O)c1. The van der Waals surface area contributed by atoms with Crippen molar-refractivity contribution in [2.24, 2.45) is 11.5 Å². The van der Waals surface area contributed by atoms with E-state index >= 15 is 0 Å². The number of carbonyl (C=O) groups excluding carboxylic acids is 2. The molecule has 0 bridgehead atoms. The minimum absolute atomic E-state index is 0.0428. The summed E-state index contributed by atoms with van der Waals surface area (Å²) in [6.45, 7) is 0.0428. The first-order valence-electron chi connectivity index (χ1n) is 4.68. The van der Waals surface area contributed by atoms with Crippen LogP contribution in [0.15, 0.2) is 24.5 Å². The van der Waals surface area contributed by atoms with E-state index < -0.39 is 19.6 Å². The van der Waals surface area contributed by atoms with E-state index in [1.165, 1.54) is 10.8 Å². The van der Waals surface area contributed by atoms with Crippen LogP contribution < -0.4 is 16.0 Å². The summed E-state index contributed by atoms with van der Waals surface area (Å²) in [6, 6.07) is 3.20. The molecule has 0 spiro atoms. The first-order valence-corrected chi connectivity index (χ1v) is 6.71. The van der Waals surface area contributed by atoms with Gasteiger partial charge in [-0.05, 0) is 6.07 Å². The molecule has 2 amide bonds. The predicted molar refractivity (Wildman–Crippen MR) is 57.9 cm³/mol. The maximum absolute atomic E-state index is 10.7. The number of nitrogens with two attached hydrogens (primary N) is 2. The second kappa shape index (κ2) is 4.89. The molecule has 0 aliphatic carbocycles. The molecule has 0 radical (unpaired) electrons. The van der Waals surface area contributed by atoms with Gasteiger partial charge in [0.05, 0.1) is 0 Å². The molecule has 116 valence electrons. The van der Waals surface area contributed by atoms with Gasteiger partial charge in [0.25, 0.3) is 11.8 Å². The van der Waals surface area contributed by atoms with Crippen molar-refractivity contribution in [1.82, 2.24) is 0 Å². The first kappa shape index (κ1) is 18.1. The van der Waals surface area contributed by atoms with Crippen molar-refractivity contribution in [3.05, 3.63) is 30.1 Å². The molecule has 1 rings (SSSR count). The fourth-order valence-electron chi connectivity index (χ4n) is 0.946. The molecule has 1 heterocycles. The minimum Gasteiger partial charge on any atom is -0.365 e. The second-order valence-electron chi connectivity index (χ2n) is 3.55. The van der Waals surface area contributed by atoms with Gasteiger partial charge >= 0.3 is 33.0 Å². The smallest absolute Gasteiger partial charge is 0.283 e. The van der Waals surface area contributed by atoms with E-state index in [4.69, 9.17) is 11.5 Å². The standard InChI is InChI=1S/C8H9N3O2.F6P/c9-7(12)5-11-3-1-2-6(4-11)8(10)13;1-7(2,3,4,5)6/h1-4H,5H2,(H3-,9,10,12,13);/q;-1/p+1. The van der Waals surface area contributed by atoms with Crippen molar-refractivity contribution >= 4 is 19.6 Å². The Labute approximate surface area is 108 Å². The van der Waals surface area contributed by atoms with Gasteiger partial charge in [-0.3, -0.25) is 9.59 Å². The maximum Gasteiger partial charge on any atom is 0.283 e. The van der Waals surface area contributed by atoms with Gasteiger partial charge in [0, 0.05) is 6.07 Å². The average Bonchev–Trinajstić information content (AvgIpc) is 2.11. The van der Waals surface area contributed by atoms with Crippen LogP contribution in [0, 0.1) is 0 Å².